The van der Waals surface area contributed by atoms with Gasteiger partial charge in [-0.25, -0.2) is 0 Å². The molecule has 0 fully saturated rings. The van der Waals surface area contributed by atoms with Crippen molar-refractivity contribution in [3.8, 4) is 0 Å². The Labute approximate surface area is 119 Å². The lowest BCUT2D eigenvalue weighted by molar-refractivity contribution is 0.562. The summed E-state index contributed by atoms with van der Waals surface area (Å²) in [6, 6.07) is 1.28. The van der Waals surface area contributed by atoms with Crippen molar-refractivity contribution in [1.29, 1.82) is 0 Å². The molecule has 0 rings (SSSR count). The molecule has 104 valence electrons. The first-order valence-corrected chi connectivity index (χ1v) is 12.1. The first-order valence-electron chi connectivity index (χ1n) is 7.31. The number of alkyl halides is 1. The maximum absolute atomic E-state index is 6.29. The molecule has 0 spiro atoms. The summed E-state index contributed by atoms with van der Waals surface area (Å²) in [5, 5.41) is 0. The maximum Gasteiger partial charge on any atom is 0.150 e. The predicted molar refractivity (Wildman–Crippen MR) is 85.0 cm³/mol. The number of hydrogen-bond acceptors (Lipinski definition) is 0. The third-order valence-electron chi connectivity index (χ3n) is 3.15. The second-order valence-electron chi connectivity index (χ2n) is 5.69. The number of hydrogen-bond donors (Lipinski definition) is 0. The topological polar surface area (TPSA) is 0 Å². The van der Waals surface area contributed by atoms with E-state index in [9.17, 15) is 0 Å². The van der Waals surface area contributed by atoms with Gasteiger partial charge in [-0.05, 0) is 12.5 Å². The van der Waals surface area contributed by atoms with Crippen molar-refractivity contribution in [2.45, 2.75) is 83.3 Å². The van der Waals surface area contributed by atoms with Crippen LogP contribution in [0.15, 0.2) is 0 Å². The summed E-state index contributed by atoms with van der Waals surface area (Å²) in [7, 11) is -1.29. The molecule has 0 aliphatic rings. The lowest BCUT2D eigenvalue weighted by atomic mass is 10.1. The van der Waals surface area contributed by atoms with Crippen LogP contribution in [-0.4, -0.2) is 13.3 Å². The smallest absolute Gasteiger partial charge is 0.150 e. The molecule has 0 nitrogen and oxygen atoms in total. The van der Waals surface area contributed by atoms with Gasteiger partial charge in [-0.3, -0.25) is 0 Å². The number of unbranched alkanes of at least 4 members (excludes halogenated alkanes) is 9. The van der Waals surface area contributed by atoms with Gasteiger partial charge in [0.25, 0.3) is 0 Å². The largest absolute Gasteiger partial charge is 0.168 e. The Kier molecular flexibility index (Phi) is 12.4. The molecule has 0 atom stereocenters. The minimum Gasteiger partial charge on any atom is -0.168 e. The van der Waals surface area contributed by atoms with E-state index < -0.39 is 7.38 Å². The summed E-state index contributed by atoms with van der Waals surface area (Å²) in [6.45, 7) is 4.49. The van der Waals surface area contributed by atoms with E-state index in [0.717, 1.165) is 5.88 Å². The lowest BCUT2D eigenvalue weighted by Gasteiger charge is -2.11. The average molecular weight is 297 g/mol. The minimum absolute atomic E-state index is 0.834. The van der Waals surface area contributed by atoms with Crippen molar-refractivity contribution >= 4 is 30.1 Å². The van der Waals surface area contributed by atoms with Gasteiger partial charge in [0, 0.05) is 5.88 Å². The Morgan fingerprint density at radius 2 is 1.00 bits per heavy atom. The molecule has 0 radical (unpaired) electrons. The molecule has 0 amide bonds. The molecule has 0 saturated carbocycles. The molecular weight excluding hydrogens is 267 g/mol. The van der Waals surface area contributed by atoms with E-state index in [1.54, 1.807) is 0 Å². The Balaban J connectivity index is 2.99. The maximum atomic E-state index is 6.29. The zero-order valence-corrected chi connectivity index (χ0v) is 14.3. The van der Waals surface area contributed by atoms with Crippen LogP contribution in [0.4, 0.5) is 0 Å². The highest BCUT2D eigenvalue weighted by molar-refractivity contribution is 7.19. The fourth-order valence-corrected chi connectivity index (χ4v) is 3.73. The zero-order valence-electron chi connectivity index (χ0n) is 11.7. The van der Waals surface area contributed by atoms with Gasteiger partial charge in [0.2, 0.25) is 0 Å². The average Bonchev–Trinajstić information content (AvgIpc) is 2.24. The molecule has 3 heteroatoms. The van der Waals surface area contributed by atoms with Gasteiger partial charge in [-0.15, -0.1) is 11.6 Å². The first kappa shape index (κ1) is 17.8. The highest BCUT2D eigenvalue weighted by Crippen LogP contribution is 2.19. The molecule has 0 aliphatic heterocycles. The Morgan fingerprint density at radius 3 is 1.35 bits per heavy atom. The molecule has 0 N–H and O–H groups in total. The van der Waals surface area contributed by atoms with Gasteiger partial charge < -0.3 is 0 Å². The minimum atomic E-state index is -1.29. The van der Waals surface area contributed by atoms with Crippen LogP contribution in [0.25, 0.3) is 0 Å². The second kappa shape index (κ2) is 11.9. The zero-order chi connectivity index (χ0) is 13.0. The van der Waals surface area contributed by atoms with Crippen LogP contribution in [0.5, 0.6) is 0 Å². The molecule has 17 heavy (non-hydrogen) atoms. The van der Waals surface area contributed by atoms with Crippen molar-refractivity contribution in [3.05, 3.63) is 0 Å². The predicted octanol–water partition coefficient (Wildman–Crippen LogP) is 6.57. The van der Waals surface area contributed by atoms with E-state index in [1.165, 1.54) is 70.3 Å². The van der Waals surface area contributed by atoms with Crippen molar-refractivity contribution in [3.63, 3.8) is 0 Å². The number of halogens is 2. The quantitative estimate of drug-likeness (QED) is 0.165. The summed E-state index contributed by atoms with van der Waals surface area (Å²) in [5.74, 6) is 0.834. The molecule has 0 bridgehead atoms. The molecule has 0 heterocycles. The van der Waals surface area contributed by atoms with Gasteiger partial charge in [0.15, 0.2) is 0 Å². The van der Waals surface area contributed by atoms with E-state index in [0.29, 0.717) is 0 Å². The lowest BCUT2D eigenvalue weighted by Crippen LogP contribution is -2.14. The normalized spacial score (nSPS) is 12.0. The monoisotopic (exact) mass is 296 g/mol. The summed E-state index contributed by atoms with van der Waals surface area (Å²) in [4.78, 5) is 0. The van der Waals surface area contributed by atoms with Crippen LogP contribution in [0, 0.1) is 0 Å². The standard InChI is InChI=1S/C14H30Cl2Si/c1-17(2,16)14-12-10-8-6-4-3-5-7-9-11-13-15/h3-14H2,1-2H3. The highest BCUT2D eigenvalue weighted by atomic mass is 35.6. The molecule has 0 unspecified atom stereocenters. The molecule has 0 saturated heterocycles. The molecule has 0 aromatic carbocycles. The summed E-state index contributed by atoms with van der Waals surface area (Å²) < 4.78 is 0. The van der Waals surface area contributed by atoms with Gasteiger partial charge >= 0.3 is 0 Å². The van der Waals surface area contributed by atoms with Crippen LogP contribution in [0.2, 0.25) is 19.1 Å². The van der Waals surface area contributed by atoms with Gasteiger partial charge in [-0.1, -0.05) is 70.9 Å². The van der Waals surface area contributed by atoms with E-state index in [-0.39, 0.29) is 0 Å². The van der Waals surface area contributed by atoms with Gasteiger partial charge in [-0.2, -0.15) is 11.1 Å². The fraction of sp³-hybridized carbons (Fsp3) is 1.00. The van der Waals surface area contributed by atoms with Crippen LogP contribution < -0.4 is 0 Å². The van der Waals surface area contributed by atoms with E-state index in [4.69, 9.17) is 22.7 Å². The van der Waals surface area contributed by atoms with Crippen molar-refractivity contribution in [1.82, 2.24) is 0 Å². The van der Waals surface area contributed by atoms with Crippen LogP contribution in [0.1, 0.15) is 64.2 Å². The van der Waals surface area contributed by atoms with Gasteiger partial charge in [0.1, 0.15) is 7.38 Å². The first-order chi connectivity index (χ1) is 8.06. The third-order valence-corrected chi connectivity index (χ3v) is 5.53. The van der Waals surface area contributed by atoms with E-state index in [1.807, 2.05) is 0 Å². The Bertz CT molecular complexity index is 155. The van der Waals surface area contributed by atoms with Crippen LogP contribution >= 0.6 is 22.7 Å². The third kappa shape index (κ3) is 16.8. The van der Waals surface area contributed by atoms with Crippen LogP contribution in [-0.2, 0) is 0 Å². The molecular formula is C14H30Cl2Si. The van der Waals surface area contributed by atoms with Crippen LogP contribution in [0.3, 0.4) is 0 Å². The fourth-order valence-electron chi connectivity index (χ4n) is 2.05. The van der Waals surface area contributed by atoms with Crippen molar-refractivity contribution < 1.29 is 0 Å². The molecule has 0 aromatic heterocycles. The van der Waals surface area contributed by atoms with Crippen molar-refractivity contribution in [2.24, 2.45) is 0 Å². The van der Waals surface area contributed by atoms with E-state index in [2.05, 4.69) is 13.1 Å². The van der Waals surface area contributed by atoms with Gasteiger partial charge in [0.05, 0.1) is 0 Å². The SMILES string of the molecule is C[Si](C)(Cl)CCCCCCCCCCCCCl. The summed E-state index contributed by atoms with van der Waals surface area (Å²) >= 11 is 11.9. The Morgan fingerprint density at radius 1 is 0.647 bits per heavy atom. The Hall–Kier alpha value is 0.797. The number of rotatable bonds is 12. The molecule has 0 aliphatic carbocycles. The van der Waals surface area contributed by atoms with Crippen molar-refractivity contribution in [2.75, 3.05) is 5.88 Å². The van der Waals surface area contributed by atoms with E-state index >= 15 is 0 Å². The highest BCUT2D eigenvalue weighted by Gasteiger charge is 2.15. The second-order valence-corrected chi connectivity index (χ2v) is 13.1. The summed E-state index contributed by atoms with van der Waals surface area (Å²) in [5.41, 5.74) is 0. The molecule has 0 aromatic rings. The summed E-state index contributed by atoms with van der Waals surface area (Å²) in [6.07, 6.45) is 13.7.